The van der Waals surface area contributed by atoms with Gasteiger partial charge in [-0.2, -0.15) is 0 Å². The Balaban J connectivity index is 4.58. The molecule has 2 unspecified atom stereocenters. The van der Waals surface area contributed by atoms with Crippen LogP contribution in [0.1, 0.15) is 13.3 Å². The van der Waals surface area contributed by atoms with E-state index >= 15 is 0 Å². The van der Waals surface area contributed by atoms with E-state index in [1.807, 2.05) is 0 Å². The molecular formula is C8H17NO6S. The molecule has 2 atom stereocenters. The van der Waals surface area contributed by atoms with Crippen LogP contribution in [0.4, 0.5) is 0 Å². The fraction of sp³-hybridized carbons (Fsp3) is 0.875. The SMILES string of the molecule is COCC(CCO)NS(=O)(=O)C(C)C(=O)O. The van der Waals surface area contributed by atoms with Crippen LogP contribution in [0.25, 0.3) is 0 Å². The number of sulfonamides is 1. The van der Waals surface area contributed by atoms with Crippen molar-refractivity contribution in [3.8, 4) is 0 Å². The molecule has 16 heavy (non-hydrogen) atoms. The third-order valence-electron chi connectivity index (χ3n) is 1.99. The van der Waals surface area contributed by atoms with Crippen molar-refractivity contribution in [3.05, 3.63) is 0 Å². The Bertz CT molecular complexity index is 308. The molecule has 0 aromatic rings. The van der Waals surface area contributed by atoms with Gasteiger partial charge in [-0.05, 0) is 13.3 Å². The van der Waals surface area contributed by atoms with Crippen molar-refractivity contribution in [1.82, 2.24) is 4.72 Å². The lowest BCUT2D eigenvalue weighted by molar-refractivity contribution is -0.136. The average molecular weight is 255 g/mol. The molecule has 96 valence electrons. The number of aliphatic hydroxyl groups is 1. The fourth-order valence-electron chi connectivity index (χ4n) is 1.00. The van der Waals surface area contributed by atoms with E-state index in [-0.39, 0.29) is 19.6 Å². The molecule has 0 aromatic carbocycles. The first-order valence-corrected chi connectivity index (χ1v) is 6.23. The van der Waals surface area contributed by atoms with E-state index in [2.05, 4.69) is 4.72 Å². The van der Waals surface area contributed by atoms with Crippen molar-refractivity contribution in [1.29, 1.82) is 0 Å². The Morgan fingerprint density at radius 1 is 1.50 bits per heavy atom. The second-order valence-corrected chi connectivity index (χ2v) is 5.34. The van der Waals surface area contributed by atoms with Crippen molar-refractivity contribution in [3.63, 3.8) is 0 Å². The molecule has 0 saturated carbocycles. The highest BCUT2D eigenvalue weighted by Gasteiger charge is 2.29. The number of rotatable bonds is 8. The predicted octanol–water partition coefficient (Wildman–Crippen LogP) is -1.22. The summed E-state index contributed by atoms with van der Waals surface area (Å²) in [4.78, 5) is 10.5. The normalized spacial score (nSPS) is 15.7. The van der Waals surface area contributed by atoms with Gasteiger partial charge in [0.1, 0.15) is 0 Å². The van der Waals surface area contributed by atoms with Gasteiger partial charge in [0.15, 0.2) is 5.25 Å². The molecule has 8 heteroatoms. The molecule has 0 aliphatic carbocycles. The van der Waals surface area contributed by atoms with Crippen LogP contribution in [-0.2, 0) is 19.6 Å². The summed E-state index contributed by atoms with van der Waals surface area (Å²) >= 11 is 0. The first kappa shape index (κ1) is 15.3. The Labute approximate surface area is 94.5 Å². The topological polar surface area (TPSA) is 113 Å². The van der Waals surface area contributed by atoms with Gasteiger partial charge in [0.05, 0.1) is 6.61 Å². The predicted molar refractivity (Wildman–Crippen MR) is 56.5 cm³/mol. The maximum Gasteiger partial charge on any atom is 0.323 e. The number of carboxylic acids is 1. The van der Waals surface area contributed by atoms with Crippen LogP contribution in [0.2, 0.25) is 0 Å². The molecule has 0 fully saturated rings. The molecule has 7 nitrogen and oxygen atoms in total. The third kappa shape index (κ3) is 4.88. The van der Waals surface area contributed by atoms with E-state index in [9.17, 15) is 13.2 Å². The second kappa shape index (κ2) is 6.79. The Morgan fingerprint density at radius 2 is 2.06 bits per heavy atom. The number of hydrogen-bond acceptors (Lipinski definition) is 5. The number of methoxy groups -OCH3 is 1. The van der Waals surface area contributed by atoms with Crippen LogP contribution in [0.3, 0.4) is 0 Å². The maximum atomic E-state index is 11.5. The minimum atomic E-state index is -3.94. The summed E-state index contributed by atoms with van der Waals surface area (Å²) in [5.41, 5.74) is 0. The van der Waals surface area contributed by atoms with Gasteiger partial charge in [0.2, 0.25) is 10.0 Å². The molecule has 0 heterocycles. The first-order chi connectivity index (χ1) is 7.35. The monoisotopic (exact) mass is 255 g/mol. The average Bonchev–Trinajstić information content (AvgIpc) is 2.16. The molecule has 0 spiro atoms. The summed E-state index contributed by atoms with van der Waals surface area (Å²) in [6, 6.07) is -0.623. The lowest BCUT2D eigenvalue weighted by atomic mass is 10.2. The van der Waals surface area contributed by atoms with Crippen LogP contribution in [0, 0.1) is 0 Å². The minimum Gasteiger partial charge on any atom is -0.480 e. The summed E-state index contributed by atoms with van der Waals surface area (Å²) in [7, 11) is -2.56. The van der Waals surface area contributed by atoms with Crippen LogP contribution in [0.15, 0.2) is 0 Å². The lowest BCUT2D eigenvalue weighted by Gasteiger charge is -2.18. The summed E-state index contributed by atoms with van der Waals surface area (Å²) in [5.74, 6) is -1.42. The number of ether oxygens (including phenoxy) is 1. The Kier molecular flexibility index (Phi) is 6.49. The van der Waals surface area contributed by atoms with Crippen molar-refractivity contribution < 1.29 is 28.2 Å². The first-order valence-electron chi connectivity index (χ1n) is 4.69. The van der Waals surface area contributed by atoms with Gasteiger partial charge in [-0.1, -0.05) is 0 Å². The molecule has 3 N–H and O–H groups in total. The van der Waals surface area contributed by atoms with Crippen molar-refractivity contribution in [2.24, 2.45) is 0 Å². The summed E-state index contributed by atoms with van der Waals surface area (Å²) in [6.07, 6.45) is 0.166. The highest BCUT2D eigenvalue weighted by atomic mass is 32.2. The zero-order valence-electron chi connectivity index (χ0n) is 9.21. The van der Waals surface area contributed by atoms with E-state index in [0.717, 1.165) is 6.92 Å². The molecule has 0 aromatic heterocycles. The molecule has 0 bridgehead atoms. The molecule has 0 radical (unpaired) electrons. The molecule has 0 aliphatic rings. The van der Waals surface area contributed by atoms with E-state index in [1.54, 1.807) is 0 Å². The van der Waals surface area contributed by atoms with Crippen molar-refractivity contribution in [2.75, 3.05) is 20.3 Å². The van der Waals surface area contributed by atoms with Crippen LogP contribution >= 0.6 is 0 Å². The maximum absolute atomic E-state index is 11.5. The standard InChI is InChI=1S/C8H17NO6S/c1-6(8(11)12)16(13,14)9-7(3-4-10)5-15-2/h6-7,9-10H,3-5H2,1-2H3,(H,11,12). The summed E-state index contributed by atoms with van der Waals surface area (Å²) in [5, 5.41) is 15.8. The quantitative estimate of drug-likeness (QED) is 0.501. The number of carboxylic acid groups (broad SMARTS) is 1. The molecule has 0 amide bonds. The summed E-state index contributed by atoms with van der Waals surface area (Å²) in [6.45, 7) is 0.942. The zero-order valence-corrected chi connectivity index (χ0v) is 10.0. The second-order valence-electron chi connectivity index (χ2n) is 3.31. The van der Waals surface area contributed by atoms with Gasteiger partial charge in [-0.15, -0.1) is 0 Å². The third-order valence-corrected chi connectivity index (χ3v) is 3.78. The fourth-order valence-corrected chi connectivity index (χ4v) is 2.12. The van der Waals surface area contributed by atoms with Gasteiger partial charge in [0, 0.05) is 19.8 Å². The zero-order chi connectivity index (χ0) is 12.8. The largest absolute Gasteiger partial charge is 0.480 e. The molecule has 0 saturated heterocycles. The van der Waals surface area contributed by atoms with Gasteiger partial charge >= 0.3 is 5.97 Å². The van der Waals surface area contributed by atoms with Crippen LogP contribution in [-0.4, -0.2) is 56.2 Å². The number of aliphatic carboxylic acids is 1. The highest BCUT2D eigenvalue weighted by Crippen LogP contribution is 2.02. The van der Waals surface area contributed by atoms with Crippen LogP contribution < -0.4 is 4.72 Å². The number of hydrogen-bond donors (Lipinski definition) is 3. The molecule has 0 rings (SSSR count). The number of carbonyl (C=O) groups is 1. The Hall–Kier alpha value is -0.700. The van der Waals surface area contributed by atoms with E-state index in [4.69, 9.17) is 14.9 Å². The van der Waals surface area contributed by atoms with Gasteiger partial charge < -0.3 is 14.9 Å². The molecular weight excluding hydrogens is 238 g/mol. The van der Waals surface area contributed by atoms with Crippen molar-refractivity contribution >= 4 is 16.0 Å². The number of nitrogens with one attached hydrogen (secondary N) is 1. The Morgan fingerprint density at radius 3 is 2.44 bits per heavy atom. The van der Waals surface area contributed by atoms with Crippen LogP contribution in [0.5, 0.6) is 0 Å². The van der Waals surface area contributed by atoms with E-state index in [0.29, 0.717) is 0 Å². The van der Waals surface area contributed by atoms with Crippen molar-refractivity contribution in [2.45, 2.75) is 24.6 Å². The van der Waals surface area contributed by atoms with E-state index in [1.165, 1.54) is 7.11 Å². The van der Waals surface area contributed by atoms with Gasteiger partial charge in [-0.3, -0.25) is 4.79 Å². The smallest absolute Gasteiger partial charge is 0.323 e. The molecule has 0 aliphatic heterocycles. The van der Waals surface area contributed by atoms with E-state index < -0.39 is 27.3 Å². The lowest BCUT2D eigenvalue weighted by Crippen LogP contribution is -2.45. The van der Waals surface area contributed by atoms with Gasteiger partial charge in [0.25, 0.3) is 0 Å². The summed E-state index contributed by atoms with van der Waals surface area (Å²) < 4.78 is 29.9. The minimum absolute atomic E-state index is 0.0755. The number of aliphatic hydroxyl groups excluding tert-OH is 1. The van der Waals surface area contributed by atoms with Gasteiger partial charge in [-0.25, -0.2) is 13.1 Å². The highest BCUT2D eigenvalue weighted by molar-refractivity contribution is 7.90.